The summed E-state index contributed by atoms with van der Waals surface area (Å²) >= 11 is 0. The van der Waals surface area contributed by atoms with Crippen LogP contribution in [-0.2, 0) is 0 Å². The molecule has 2 nitrogen and oxygen atoms in total. The Bertz CT molecular complexity index is 818. The summed E-state index contributed by atoms with van der Waals surface area (Å²) in [7, 11) is 1.68. The highest BCUT2D eigenvalue weighted by molar-refractivity contribution is 5.78. The van der Waals surface area contributed by atoms with Crippen LogP contribution < -0.4 is 4.74 Å². The number of ether oxygens (including phenoxy) is 1. The molecule has 3 aromatic rings. The number of nitrogens with zero attached hydrogens (tertiary/aromatic N) is 1. The zero-order valence-corrected chi connectivity index (χ0v) is 14.1. The van der Waals surface area contributed by atoms with E-state index in [1.807, 2.05) is 18.3 Å². The molecule has 0 saturated carbocycles. The molecular formula is C21H21NO. The second kappa shape index (κ2) is 6.25. The minimum atomic E-state index is 0.859. The van der Waals surface area contributed by atoms with Gasteiger partial charge >= 0.3 is 0 Å². The zero-order chi connectivity index (χ0) is 16.4. The molecule has 116 valence electrons. The predicted octanol–water partition coefficient (Wildman–Crippen LogP) is 5.35. The maximum absolute atomic E-state index is 5.24. The molecule has 0 unspecified atom stereocenters. The van der Waals surface area contributed by atoms with E-state index in [0.717, 1.165) is 17.0 Å². The van der Waals surface area contributed by atoms with E-state index in [-0.39, 0.29) is 0 Å². The van der Waals surface area contributed by atoms with Crippen molar-refractivity contribution in [3.63, 3.8) is 0 Å². The molecule has 0 bridgehead atoms. The number of aromatic nitrogens is 1. The van der Waals surface area contributed by atoms with Gasteiger partial charge < -0.3 is 4.74 Å². The summed E-state index contributed by atoms with van der Waals surface area (Å²) in [6, 6.07) is 16.7. The van der Waals surface area contributed by atoms with Gasteiger partial charge in [-0.25, -0.2) is 0 Å². The van der Waals surface area contributed by atoms with Crippen molar-refractivity contribution in [3.05, 3.63) is 71.4 Å². The van der Waals surface area contributed by atoms with E-state index in [0.29, 0.717) is 0 Å². The van der Waals surface area contributed by atoms with Gasteiger partial charge in [-0.15, -0.1) is 0 Å². The zero-order valence-electron chi connectivity index (χ0n) is 14.1. The minimum absolute atomic E-state index is 0.859. The molecule has 0 aliphatic rings. The normalized spacial score (nSPS) is 10.6. The van der Waals surface area contributed by atoms with Crippen molar-refractivity contribution < 1.29 is 4.74 Å². The quantitative estimate of drug-likeness (QED) is 0.650. The van der Waals surface area contributed by atoms with Crippen LogP contribution in [0.15, 0.2) is 54.7 Å². The number of aryl methyl sites for hydroxylation is 2. The molecule has 0 N–H and O–H groups in total. The molecule has 2 aromatic carbocycles. The van der Waals surface area contributed by atoms with Crippen molar-refractivity contribution in [2.24, 2.45) is 0 Å². The molecule has 1 aromatic heterocycles. The molecule has 0 atom stereocenters. The fourth-order valence-electron chi connectivity index (χ4n) is 2.94. The molecule has 0 spiro atoms. The number of rotatable bonds is 3. The predicted molar refractivity (Wildman–Crippen MR) is 95.9 cm³/mol. The molecule has 0 aliphatic carbocycles. The first-order valence-electron chi connectivity index (χ1n) is 7.78. The van der Waals surface area contributed by atoms with Crippen LogP contribution >= 0.6 is 0 Å². The fourth-order valence-corrected chi connectivity index (χ4v) is 2.94. The molecule has 0 aliphatic heterocycles. The van der Waals surface area contributed by atoms with E-state index in [1.54, 1.807) is 7.11 Å². The van der Waals surface area contributed by atoms with E-state index in [1.165, 1.54) is 27.8 Å². The van der Waals surface area contributed by atoms with Gasteiger partial charge in [-0.1, -0.05) is 29.8 Å². The number of hydrogen-bond acceptors (Lipinski definition) is 2. The second-order valence-electron chi connectivity index (χ2n) is 5.88. The lowest BCUT2D eigenvalue weighted by molar-refractivity contribution is 0.415. The monoisotopic (exact) mass is 303 g/mol. The van der Waals surface area contributed by atoms with Gasteiger partial charge in [-0.05, 0) is 67.3 Å². The van der Waals surface area contributed by atoms with Crippen LogP contribution in [0, 0.1) is 20.8 Å². The Morgan fingerprint density at radius 1 is 0.783 bits per heavy atom. The third-order valence-electron chi connectivity index (χ3n) is 4.22. The summed E-state index contributed by atoms with van der Waals surface area (Å²) < 4.78 is 5.24. The number of methoxy groups -OCH3 is 1. The summed E-state index contributed by atoms with van der Waals surface area (Å²) in [5, 5.41) is 0. The van der Waals surface area contributed by atoms with Crippen LogP contribution in [0.3, 0.4) is 0 Å². The van der Waals surface area contributed by atoms with Crippen LogP contribution in [0.1, 0.15) is 16.7 Å². The second-order valence-corrected chi connectivity index (χ2v) is 5.88. The maximum Gasteiger partial charge on any atom is 0.118 e. The first kappa shape index (κ1) is 15.3. The molecule has 0 amide bonds. The maximum atomic E-state index is 5.24. The van der Waals surface area contributed by atoms with Crippen molar-refractivity contribution >= 4 is 0 Å². The van der Waals surface area contributed by atoms with Gasteiger partial charge in [0.05, 0.1) is 12.8 Å². The summed E-state index contributed by atoms with van der Waals surface area (Å²) in [6.07, 6.45) is 1.96. The SMILES string of the molecule is COc1ccc(-c2ncc(C)c(-c3ccc(C)cc3)c2C)cc1. The van der Waals surface area contributed by atoms with Crippen molar-refractivity contribution in [2.45, 2.75) is 20.8 Å². The highest BCUT2D eigenvalue weighted by Gasteiger charge is 2.12. The minimum Gasteiger partial charge on any atom is -0.497 e. The average molecular weight is 303 g/mol. The molecule has 0 fully saturated rings. The number of hydrogen-bond donors (Lipinski definition) is 0. The number of benzene rings is 2. The van der Waals surface area contributed by atoms with Crippen LogP contribution in [0.4, 0.5) is 0 Å². The molecule has 0 saturated heterocycles. The summed E-state index contributed by atoms with van der Waals surface area (Å²) in [6.45, 7) is 6.38. The first-order valence-corrected chi connectivity index (χ1v) is 7.78. The van der Waals surface area contributed by atoms with Crippen molar-refractivity contribution in [1.82, 2.24) is 4.98 Å². The smallest absolute Gasteiger partial charge is 0.118 e. The third kappa shape index (κ3) is 2.98. The Labute approximate surface area is 137 Å². The van der Waals surface area contributed by atoms with Crippen LogP contribution in [-0.4, -0.2) is 12.1 Å². The highest BCUT2D eigenvalue weighted by Crippen LogP contribution is 2.33. The van der Waals surface area contributed by atoms with E-state index in [2.05, 4.69) is 62.2 Å². The Morgan fingerprint density at radius 2 is 1.39 bits per heavy atom. The fraction of sp³-hybridized carbons (Fsp3) is 0.190. The van der Waals surface area contributed by atoms with E-state index in [9.17, 15) is 0 Å². The Kier molecular flexibility index (Phi) is 4.16. The Morgan fingerprint density at radius 3 is 2.00 bits per heavy atom. The lowest BCUT2D eigenvalue weighted by Crippen LogP contribution is -1.96. The molecular weight excluding hydrogens is 282 g/mol. The van der Waals surface area contributed by atoms with Gasteiger partial charge in [0.15, 0.2) is 0 Å². The molecule has 1 heterocycles. The van der Waals surface area contributed by atoms with Gasteiger partial charge in [-0.3, -0.25) is 4.98 Å². The van der Waals surface area contributed by atoms with E-state index < -0.39 is 0 Å². The number of pyridine rings is 1. The van der Waals surface area contributed by atoms with Crippen molar-refractivity contribution in [3.8, 4) is 28.1 Å². The summed E-state index contributed by atoms with van der Waals surface area (Å²) in [5.41, 5.74) is 8.31. The van der Waals surface area contributed by atoms with Gasteiger partial charge in [0.2, 0.25) is 0 Å². The van der Waals surface area contributed by atoms with Gasteiger partial charge in [0, 0.05) is 11.8 Å². The topological polar surface area (TPSA) is 22.1 Å². The van der Waals surface area contributed by atoms with Crippen LogP contribution in [0.2, 0.25) is 0 Å². The van der Waals surface area contributed by atoms with Gasteiger partial charge in [0.1, 0.15) is 5.75 Å². The summed E-state index contributed by atoms with van der Waals surface area (Å²) in [5.74, 6) is 0.859. The molecule has 0 radical (unpaired) electrons. The van der Waals surface area contributed by atoms with Gasteiger partial charge in [-0.2, -0.15) is 0 Å². The molecule has 2 heteroatoms. The standard InChI is InChI=1S/C21H21NO/c1-14-5-7-17(8-6-14)20-15(2)13-22-21(16(20)3)18-9-11-19(23-4)12-10-18/h5-13H,1-4H3. The largest absolute Gasteiger partial charge is 0.497 e. The molecule has 3 rings (SSSR count). The van der Waals surface area contributed by atoms with E-state index >= 15 is 0 Å². The van der Waals surface area contributed by atoms with Crippen LogP contribution in [0.5, 0.6) is 5.75 Å². The first-order chi connectivity index (χ1) is 11.1. The van der Waals surface area contributed by atoms with Gasteiger partial charge in [0.25, 0.3) is 0 Å². The van der Waals surface area contributed by atoms with Crippen molar-refractivity contribution in [1.29, 1.82) is 0 Å². The summed E-state index contributed by atoms with van der Waals surface area (Å²) in [4.78, 5) is 4.67. The highest BCUT2D eigenvalue weighted by atomic mass is 16.5. The Balaban J connectivity index is 2.13. The van der Waals surface area contributed by atoms with Crippen molar-refractivity contribution in [2.75, 3.05) is 7.11 Å². The average Bonchev–Trinajstić information content (AvgIpc) is 2.57. The van der Waals surface area contributed by atoms with Crippen LogP contribution in [0.25, 0.3) is 22.4 Å². The third-order valence-corrected chi connectivity index (χ3v) is 4.22. The lowest BCUT2D eigenvalue weighted by atomic mass is 9.93. The molecule has 23 heavy (non-hydrogen) atoms. The van der Waals surface area contributed by atoms with E-state index in [4.69, 9.17) is 4.74 Å². The lowest BCUT2D eigenvalue weighted by Gasteiger charge is -2.14. The Hall–Kier alpha value is -2.61.